The number of hydrogen-bond donors (Lipinski definition) is 3. The second kappa shape index (κ2) is 9.67. The molecule has 8 heteroatoms. The highest BCUT2D eigenvalue weighted by molar-refractivity contribution is 7.89. The van der Waals surface area contributed by atoms with Gasteiger partial charge in [-0.25, -0.2) is 13.1 Å². The van der Waals surface area contributed by atoms with Gasteiger partial charge in [-0.1, -0.05) is 12.1 Å². The number of hydrogen-bond acceptors (Lipinski definition) is 5. The Morgan fingerprint density at radius 1 is 1.32 bits per heavy atom. The number of carbonyl (C=O) groups is 1. The molecule has 0 aromatic heterocycles. The molecule has 1 fully saturated rings. The minimum absolute atomic E-state index is 0.0721. The first kappa shape index (κ1) is 19.6. The van der Waals surface area contributed by atoms with Crippen molar-refractivity contribution < 1.29 is 13.2 Å². The SMILES string of the molecule is C=CCNS(=O)(=O)c1cccc(C(=O)NCCCN2CCNCC2)c1. The molecule has 25 heavy (non-hydrogen) atoms. The molecule has 0 saturated carbocycles. The van der Waals surface area contributed by atoms with Gasteiger partial charge in [-0.15, -0.1) is 6.58 Å². The first-order valence-electron chi connectivity index (χ1n) is 8.45. The molecule has 1 aliphatic heterocycles. The maximum absolute atomic E-state index is 12.2. The van der Waals surface area contributed by atoms with Gasteiger partial charge in [-0.2, -0.15) is 0 Å². The Labute approximate surface area is 149 Å². The summed E-state index contributed by atoms with van der Waals surface area (Å²) in [5, 5.41) is 6.15. The number of nitrogens with zero attached hydrogens (tertiary/aromatic N) is 1. The van der Waals surface area contributed by atoms with Crippen molar-refractivity contribution in [2.24, 2.45) is 0 Å². The normalized spacial score (nSPS) is 15.7. The van der Waals surface area contributed by atoms with E-state index in [0.717, 1.165) is 39.1 Å². The van der Waals surface area contributed by atoms with Crippen molar-refractivity contribution in [2.45, 2.75) is 11.3 Å². The molecular formula is C17H26N4O3S. The van der Waals surface area contributed by atoms with E-state index in [1.165, 1.54) is 18.2 Å². The van der Waals surface area contributed by atoms with Gasteiger partial charge >= 0.3 is 0 Å². The molecule has 7 nitrogen and oxygen atoms in total. The summed E-state index contributed by atoms with van der Waals surface area (Å²) in [7, 11) is -3.63. The van der Waals surface area contributed by atoms with Gasteiger partial charge in [0, 0.05) is 44.8 Å². The van der Waals surface area contributed by atoms with Crippen molar-refractivity contribution in [2.75, 3.05) is 45.8 Å². The summed E-state index contributed by atoms with van der Waals surface area (Å²) < 4.78 is 26.6. The summed E-state index contributed by atoms with van der Waals surface area (Å²) in [6.45, 7) is 9.22. The van der Waals surface area contributed by atoms with Crippen LogP contribution in [0.2, 0.25) is 0 Å². The molecule has 138 valence electrons. The second-order valence-corrected chi connectivity index (χ2v) is 7.64. The molecule has 1 saturated heterocycles. The van der Waals surface area contributed by atoms with Crippen molar-refractivity contribution in [1.29, 1.82) is 0 Å². The molecule has 0 spiro atoms. The molecule has 0 bridgehead atoms. The van der Waals surface area contributed by atoms with Crippen molar-refractivity contribution in [3.05, 3.63) is 42.5 Å². The van der Waals surface area contributed by atoms with Gasteiger partial charge < -0.3 is 15.5 Å². The molecule has 0 atom stereocenters. The minimum atomic E-state index is -3.63. The van der Waals surface area contributed by atoms with Crippen molar-refractivity contribution in [1.82, 2.24) is 20.3 Å². The fourth-order valence-electron chi connectivity index (χ4n) is 2.60. The number of piperazine rings is 1. The average Bonchev–Trinajstić information content (AvgIpc) is 2.64. The number of nitrogens with one attached hydrogen (secondary N) is 3. The molecule has 1 aromatic rings. The Kier molecular flexibility index (Phi) is 7.57. The highest BCUT2D eigenvalue weighted by Crippen LogP contribution is 2.11. The van der Waals surface area contributed by atoms with E-state index in [1.54, 1.807) is 12.1 Å². The summed E-state index contributed by atoms with van der Waals surface area (Å²) >= 11 is 0. The number of amides is 1. The largest absolute Gasteiger partial charge is 0.352 e. The average molecular weight is 366 g/mol. The molecule has 0 aliphatic carbocycles. The van der Waals surface area contributed by atoms with Gasteiger partial charge in [-0.05, 0) is 31.2 Å². The number of carbonyl (C=O) groups excluding carboxylic acids is 1. The first-order chi connectivity index (χ1) is 12.0. The third kappa shape index (κ3) is 6.24. The van der Waals surface area contributed by atoms with Crippen molar-refractivity contribution >= 4 is 15.9 Å². The van der Waals surface area contributed by atoms with Gasteiger partial charge in [0.25, 0.3) is 5.91 Å². The molecule has 1 amide bonds. The fourth-order valence-corrected chi connectivity index (χ4v) is 3.64. The third-order valence-electron chi connectivity index (χ3n) is 3.97. The van der Waals surface area contributed by atoms with Gasteiger partial charge in [0.15, 0.2) is 0 Å². The van der Waals surface area contributed by atoms with E-state index in [1.807, 2.05) is 0 Å². The van der Waals surface area contributed by atoms with E-state index in [-0.39, 0.29) is 17.3 Å². The van der Waals surface area contributed by atoms with E-state index in [9.17, 15) is 13.2 Å². The zero-order chi connectivity index (χ0) is 18.1. The minimum Gasteiger partial charge on any atom is -0.352 e. The monoisotopic (exact) mass is 366 g/mol. The maximum Gasteiger partial charge on any atom is 0.251 e. The quantitative estimate of drug-likeness (QED) is 0.428. The lowest BCUT2D eigenvalue weighted by atomic mass is 10.2. The summed E-state index contributed by atoms with van der Waals surface area (Å²) in [6, 6.07) is 6.03. The van der Waals surface area contributed by atoms with Crippen LogP contribution < -0.4 is 15.4 Å². The van der Waals surface area contributed by atoms with E-state index >= 15 is 0 Å². The molecule has 0 radical (unpaired) electrons. The molecule has 0 unspecified atom stereocenters. The summed E-state index contributed by atoms with van der Waals surface area (Å²) in [5.74, 6) is -0.263. The number of benzene rings is 1. The molecular weight excluding hydrogens is 340 g/mol. The van der Waals surface area contributed by atoms with Crippen LogP contribution in [0.3, 0.4) is 0 Å². The Morgan fingerprint density at radius 3 is 2.80 bits per heavy atom. The summed E-state index contributed by atoms with van der Waals surface area (Å²) in [5.41, 5.74) is 0.337. The lowest BCUT2D eigenvalue weighted by molar-refractivity contribution is 0.0951. The Morgan fingerprint density at radius 2 is 2.08 bits per heavy atom. The van der Waals surface area contributed by atoms with Crippen LogP contribution in [0.5, 0.6) is 0 Å². The zero-order valence-electron chi connectivity index (χ0n) is 14.3. The zero-order valence-corrected chi connectivity index (χ0v) is 15.1. The Balaban J connectivity index is 1.84. The van der Waals surface area contributed by atoms with Crippen LogP contribution in [0.25, 0.3) is 0 Å². The highest BCUT2D eigenvalue weighted by Gasteiger charge is 2.15. The lowest BCUT2D eigenvalue weighted by Crippen LogP contribution is -2.44. The smallest absolute Gasteiger partial charge is 0.251 e. The van der Waals surface area contributed by atoms with Crippen LogP contribution in [0.1, 0.15) is 16.8 Å². The maximum atomic E-state index is 12.2. The predicted octanol–water partition coefficient (Wildman–Crippen LogP) is 0.176. The second-order valence-electron chi connectivity index (χ2n) is 5.87. The van der Waals surface area contributed by atoms with Crippen LogP contribution in [0.15, 0.2) is 41.8 Å². The van der Waals surface area contributed by atoms with Crippen LogP contribution in [-0.4, -0.2) is 65.0 Å². The first-order valence-corrected chi connectivity index (χ1v) is 9.93. The molecule has 1 heterocycles. The number of sulfonamides is 1. The summed E-state index contributed by atoms with van der Waals surface area (Å²) in [6.07, 6.45) is 2.33. The molecule has 1 aliphatic rings. The van der Waals surface area contributed by atoms with Gasteiger partial charge in [-0.3, -0.25) is 4.79 Å². The van der Waals surface area contributed by atoms with Crippen LogP contribution in [0.4, 0.5) is 0 Å². The van der Waals surface area contributed by atoms with Gasteiger partial charge in [0.1, 0.15) is 0 Å². The lowest BCUT2D eigenvalue weighted by Gasteiger charge is -2.27. The molecule has 2 rings (SSSR count). The standard InChI is InChI=1S/C17H26N4O3S/c1-2-7-20-25(23,24)16-6-3-5-15(14-16)17(22)19-8-4-11-21-12-9-18-10-13-21/h2-3,5-6,14,18,20H,1,4,7-13H2,(H,19,22). The van der Waals surface area contributed by atoms with E-state index in [0.29, 0.717) is 12.1 Å². The fraction of sp³-hybridized carbons (Fsp3) is 0.471. The van der Waals surface area contributed by atoms with Crippen LogP contribution in [0, 0.1) is 0 Å². The predicted molar refractivity (Wildman–Crippen MR) is 98.1 cm³/mol. The van der Waals surface area contributed by atoms with E-state index < -0.39 is 10.0 Å². The van der Waals surface area contributed by atoms with Crippen molar-refractivity contribution in [3.8, 4) is 0 Å². The van der Waals surface area contributed by atoms with Gasteiger partial charge in [0.05, 0.1) is 4.90 Å². The molecule has 1 aromatic carbocycles. The number of rotatable bonds is 9. The third-order valence-corrected chi connectivity index (χ3v) is 5.39. The summed E-state index contributed by atoms with van der Waals surface area (Å²) in [4.78, 5) is 14.7. The van der Waals surface area contributed by atoms with Crippen LogP contribution in [-0.2, 0) is 10.0 Å². The highest BCUT2D eigenvalue weighted by atomic mass is 32.2. The Hall–Kier alpha value is -1.74. The van der Waals surface area contributed by atoms with E-state index in [2.05, 4.69) is 26.8 Å². The topological polar surface area (TPSA) is 90.5 Å². The molecule has 3 N–H and O–H groups in total. The van der Waals surface area contributed by atoms with E-state index in [4.69, 9.17) is 0 Å². The van der Waals surface area contributed by atoms with Crippen LogP contribution >= 0.6 is 0 Å². The Bertz CT molecular complexity index is 685. The van der Waals surface area contributed by atoms with Gasteiger partial charge in [0.2, 0.25) is 10.0 Å². The van der Waals surface area contributed by atoms with Crippen molar-refractivity contribution in [3.63, 3.8) is 0 Å².